The summed E-state index contributed by atoms with van der Waals surface area (Å²) in [4.78, 5) is 24.9. The molecule has 2 rings (SSSR count). The summed E-state index contributed by atoms with van der Waals surface area (Å²) in [6.07, 6.45) is -0.152. The monoisotopic (exact) mass is 278 g/mol. The Morgan fingerprint density at radius 1 is 1.25 bits per heavy atom. The number of ether oxygens (including phenoxy) is 2. The van der Waals surface area contributed by atoms with Crippen LogP contribution in [-0.4, -0.2) is 50.3 Å². The van der Waals surface area contributed by atoms with Crippen molar-refractivity contribution in [3.05, 3.63) is 29.8 Å². The average molecular weight is 278 g/mol. The molecule has 108 valence electrons. The van der Waals surface area contributed by atoms with Crippen molar-refractivity contribution < 1.29 is 19.1 Å². The molecule has 1 N–H and O–H groups in total. The quantitative estimate of drug-likeness (QED) is 0.904. The average Bonchev–Trinajstić information content (AvgIpc) is 2.50. The minimum Gasteiger partial charge on any atom is -0.453 e. The summed E-state index contributed by atoms with van der Waals surface area (Å²) in [5.41, 5.74) is 1.55. The van der Waals surface area contributed by atoms with Gasteiger partial charge in [-0.2, -0.15) is 0 Å². The van der Waals surface area contributed by atoms with E-state index in [4.69, 9.17) is 4.74 Å². The summed E-state index contributed by atoms with van der Waals surface area (Å²) >= 11 is 0. The topological polar surface area (TPSA) is 67.9 Å². The van der Waals surface area contributed by atoms with Crippen LogP contribution in [0.25, 0.3) is 0 Å². The van der Waals surface area contributed by atoms with Crippen molar-refractivity contribution in [2.75, 3.05) is 38.7 Å². The zero-order valence-corrected chi connectivity index (χ0v) is 11.4. The molecule has 2 amide bonds. The molecule has 1 heterocycles. The van der Waals surface area contributed by atoms with E-state index < -0.39 is 6.09 Å². The first kappa shape index (κ1) is 14.3. The van der Waals surface area contributed by atoms with Crippen molar-refractivity contribution in [2.24, 2.45) is 0 Å². The maximum Gasteiger partial charge on any atom is 0.411 e. The van der Waals surface area contributed by atoms with E-state index in [-0.39, 0.29) is 5.91 Å². The lowest BCUT2D eigenvalue weighted by molar-refractivity contribution is -0.134. The van der Waals surface area contributed by atoms with E-state index in [0.717, 1.165) is 5.56 Å². The highest BCUT2D eigenvalue weighted by Gasteiger charge is 2.16. The number of nitrogens with zero attached hydrogens (tertiary/aromatic N) is 1. The molecule has 20 heavy (non-hydrogen) atoms. The van der Waals surface area contributed by atoms with Gasteiger partial charge in [0.15, 0.2) is 0 Å². The predicted octanol–water partition coefficient (Wildman–Crippen LogP) is 1.27. The smallest absolute Gasteiger partial charge is 0.411 e. The molecule has 1 aliphatic heterocycles. The van der Waals surface area contributed by atoms with Crippen LogP contribution >= 0.6 is 0 Å². The zero-order chi connectivity index (χ0) is 14.4. The van der Waals surface area contributed by atoms with E-state index in [1.54, 1.807) is 12.1 Å². The molecule has 0 atom stereocenters. The number of morpholine rings is 1. The molecule has 1 saturated heterocycles. The van der Waals surface area contributed by atoms with Crippen LogP contribution in [0, 0.1) is 0 Å². The maximum atomic E-state index is 12.1. The van der Waals surface area contributed by atoms with E-state index in [9.17, 15) is 9.59 Å². The molecule has 1 aromatic rings. The van der Waals surface area contributed by atoms with Gasteiger partial charge in [-0.25, -0.2) is 4.79 Å². The fraction of sp³-hybridized carbons (Fsp3) is 0.429. The molecular weight excluding hydrogens is 260 g/mol. The van der Waals surface area contributed by atoms with Gasteiger partial charge >= 0.3 is 6.09 Å². The summed E-state index contributed by atoms with van der Waals surface area (Å²) in [6.45, 7) is 2.52. The fourth-order valence-electron chi connectivity index (χ4n) is 1.97. The van der Waals surface area contributed by atoms with Gasteiger partial charge < -0.3 is 14.4 Å². The second kappa shape index (κ2) is 6.91. The molecule has 0 bridgehead atoms. The Balaban J connectivity index is 1.89. The predicted molar refractivity (Wildman–Crippen MR) is 73.6 cm³/mol. The van der Waals surface area contributed by atoms with Gasteiger partial charge in [-0.1, -0.05) is 12.1 Å². The largest absolute Gasteiger partial charge is 0.453 e. The first-order valence-electron chi connectivity index (χ1n) is 6.48. The highest BCUT2D eigenvalue weighted by molar-refractivity contribution is 5.84. The zero-order valence-electron chi connectivity index (χ0n) is 11.4. The summed E-state index contributed by atoms with van der Waals surface area (Å²) in [5.74, 6) is 0.0991. The molecule has 1 aliphatic rings. The number of anilines is 1. The number of hydrogen-bond acceptors (Lipinski definition) is 4. The van der Waals surface area contributed by atoms with E-state index in [0.29, 0.717) is 38.4 Å². The van der Waals surface area contributed by atoms with E-state index in [1.807, 2.05) is 17.0 Å². The van der Waals surface area contributed by atoms with Crippen LogP contribution in [0.3, 0.4) is 0 Å². The molecular formula is C14H18N2O4. The second-order valence-electron chi connectivity index (χ2n) is 4.48. The lowest BCUT2D eigenvalue weighted by atomic mass is 10.1. The van der Waals surface area contributed by atoms with Gasteiger partial charge in [-0.05, 0) is 17.7 Å². The van der Waals surface area contributed by atoms with Crippen molar-refractivity contribution in [3.63, 3.8) is 0 Å². The van der Waals surface area contributed by atoms with Gasteiger partial charge in [-0.3, -0.25) is 10.1 Å². The molecule has 0 aromatic heterocycles. The third-order valence-corrected chi connectivity index (χ3v) is 3.10. The number of nitrogens with one attached hydrogen (secondary N) is 1. The molecule has 0 aliphatic carbocycles. The Hall–Kier alpha value is -2.08. The molecule has 6 heteroatoms. The molecule has 6 nitrogen and oxygen atoms in total. The van der Waals surface area contributed by atoms with Gasteiger partial charge in [-0.15, -0.1) is 0 Å². The van der Waals surface area contributed by atoms with E-state index in [1.165, 1.54) is 7.11 Å². The lowest BCUT2D eigenvalue weighted by Gasteiger charge is -2.26. The first-order chi connectivity index (χ1) is 9.69. The lowest BCUT2D eigenvalue weighted by Crippen LogP contribution is -2.41. The standard InChI is InChI=1S/C14H18N2O4/c1-19-14(18)15-12-4-2-11(3-5-12)10-13(17)16-6-8-20-9-7-16/h2-5H,6-10H2,1H3,(H,15,18). The van der Waals surface area contributed by atoms with Gasteiger partial charge in [0.1, 0.15) is 0 Å². The number of rotatable bonds is 3. The summed E-state index contributed by atoms with van der Waals surface area (Å²) in [5, 5.41) is 2.56. The van der Waals surface area contributed by atoms with Crippen molar-refractivity contribution >= 4 is 17.7 Å². The Labute approximate surface area is 117 Å². The van der Waals surface area contributed by atoms with Gasteiger partial charge in [0.05, 0.1) is 26.7 Å². The van der Waals surface area contributed by atoms with Crippen molar-refractivity contribution in [3.8, 4) is 0 Å². The van der Waals surface area contributed by atoms with Crippen molar-refractivity contribution in [1.82, 2.24) is 4.90 Å². The highest BCUT2D eigenvalue weighted by atomic mass is 16.5. The number of carbonyl (C=O) groups is 2. The van der Waals surface area contributed by atoms with E-state index >= 15 is 0 Å². The minimum absolute atomic E-state index is 0.0991. The number of carbonyl (C=O) groups excluding carboxylic acids is 2. The summed E-state index contributed by atoms with van der Waals surface area (Å²) in [6, 6.07) is 7.14. The van der Waals surface area contributed by atoms with Gasteiger partial charge in [0, 0.05) is 18.8 Å². The maximum absolute atomic E-state index is 12.1. The highest BCUT2D eigenvalue weighted by Crippen LogP contribution is 2.11. The molecule has 0 unspecified atom stereocenters. The van der Waals surface area contributed by atoms with E-state index in [2.05, 4.69) is 10.1 Å². The number of methoxy groups -OCH3 is 1. The molecule has 1 fully saturated rings. The van der Waals surface area contributed by atoms with Crippen LogP contribution in [0.15, 0.2) is 24.3 Å². The van der Waals surface area contributed by atoms with Crippen LogP contribution in [0.1, 0.15) is 5.56 Å². The number of hydrogen-bond donors (Lipinski definition) is 1. The third-order valence-electron chi connectivity index (χ3n) is 3.10. The van der Waals surface area contributed by atoms with Gasteiger partial charge in [0.25, 0.3) is 0 Å². The van der Waals surface area contributed by atoms with Crippen LogP contribution < -0.4 is 5.32 Å². The van der Waals surface area contributed by atoms with Crippen molar-refractivity contribution in [2.45, 2.75) is 6.42 Å². The van der Waals surface area contributed by atoms with Crippen molar-refractivity contribution in [1.29, 1.82) is 0 Å². The Morgan fingerprint density at radius 2 is 1.90 bits per heavy atom. The fourth-order valence-corrected chi connectivity index (χ4v) is 1.97. The van der Waals surface area contributed by atoms with Crippen LogP contribution in [0.2, 0.25) is 0 Å². The molecule has 0 spiro atoms. The van der Waals surface area contributed by atoms with Crippen LogP contribution in [-0.2, 0) is 20.7 Å². The molecule has 0 radical (unpaired) electrons. The normalized spacial score (nSPS) is 14.8. The Bertz CT molecular complexity index is 467. The Morgan fingerprint density at radius 3 is 2.50 bits per heavy atom. The SMILES string of the molecule is COC(=O)Nc1ccc(CC(=O)N2CCOCC2)cc1. The third kappa shape index (κ3) is 3.96. The first-order valence-corrected chi connectivity index (χ1v) is 6.48. The summed E-state index contributed by atoms with van der Waals surface area (Å²) in [7, 11) is 1.31. The van der Waals surface area contributed by atoms with Crippen LogP contribution in [0.5, 0.6) is 0 Å². The molecule has 0 saturated carbocycles. The number of amides is 2. The Kier molecular flexibility index (Phi) is 4.95. The van der Waals surface area contributed by atoms with Gasteiger partial charge in [0.2, 0.25) is 5.91 Å². The molecule has 1 aromatic carbocycles. The summed E-state index contributed by atoms with van der Waals surface area (Å²) < 4.78 is 9.72. The number of benzene rings is 1. The van der Waals surface area contributed by atoms with Crippen LogP contribution in [0.4, 0.5) is 10.5 Å². The second-order valence-corrected chi connectivity index (χ2v) is 4.48. The minimum atomic E-state index is -0.512.